The summed E-state index contributed by atoms with van der Waals surface area (Å²) >= 11 is 0. The zero-order valence-electron chi connectivity index (χ0n) is 19.1. The number of nitrogens with zero attached hydrogens (tertiary/aromatic N) is 4. The van der Waals surface area contributed by atoms with Crippen molar-refractivity contribution < 1.29 is 4.79 Å². The second kappa shape index (κ2) is 8.08. The van der Waals surface area contributed by atoms with Gasteiger partial charge in [-0.2, -0.15) is 0 Å². The molecule has 7 nitrogen and oxygen atoms in total. The normalized spacial score (nSPS) is 24.7. The zero-order chi connectivity index (χ0) is 21.7. The van der Waals surface area contributed by atoms with E-state index in [-0.39, 0.29) is 11.5 Å². The van der Waals surface area contributed by atoms with Crippen molar-refractivity contribution in [3.63, 3.8) is 0 Å². The number of hydrogen-bond donors (Lipinski definition) is 1. The Balaban J connectivity index is 1.34. The second-order valence-corrected chi connectivity index (χ2v) is 9.86. The van der Waals surface area contributed by atoms with Crippen LogP contribution in [0.5, 0.6) is 0 Å². The topological polar surface area (TPSA) is 73.7 Å². The molecule has 0 unspecified atom stereocenters. The zero-order valence-corrected chi connectivity index (χ0v) is 19.1. The third kappa shape index (κ3) is 3.71. The van der Waals surface area contributed by atoms with Crippen molar-refractivity contribution >= 4 is 11.6 Å². The number of aromatic amines is 1. The molecule has 2 aromatic rings. The lowest BCUT2D eigenvalue weighted by Gasteiger charge is -2.33. The minimum absolute atomic E-state index is 0.0530. The molecule has 3 aliphatic rings. The van der Waals surface area contributed by atoms with Crippen LogP contribution in [0.15, 0.2) is 10.9 Å². The van der Waals surface area contributed by atoms with E-state index < -0.39 is 0 Å². The summed E-state index contributed by atoms with van der Waals surface area (Å²) < 4.78 is 1.65. The fraction of sp³-hybridized carbons (Fsp3) is 0.708. The molecule has 2 atom stereocenters. The Morgan fingerprint density at radius 3 is 2.58 bits per heavy atom. The third-order valence-electron chi connectivity index (χ3n) is 7.94. The Labute approximate surface area is 183 Å². The second-order valence-electron chi connectivity index (χ2n) is 9.86. The molecular weight excluding hydrogens is 390 g/mol. The van der Waals surface area contributed by atoms with E-state index in [4.69, 9.17) is 4.98 Å². The van der Waals surface area contributed by atoms with Crippen molar-refractivity contribution in [2.24, 2.45) is 11.8 Å². The first-order chi connectivity index (χ1) is 15.0. The number of piperidine rings is 1. The van der Waals surface area contributed by atoms with E-state index in [0.717, 1.165) is 80.8 Å². The highest BCUT2D eigenvalue weighted by molar-refractivity contribution is 5.81. The molecule has 31 heavy (non-hydrogen) atoms. The maximum Gasteiger partial charge on any atom is 0.277 e. The fourth-order valence-electron chi connectivity index (χ4n) is 5.66. The molecule has 0 radical (unpaired) electrons. The Bertz CT molecular complexity index is 1030. The molecule has 0 aromatic carbocycles. The number of rotatable bonds is 5. The Hall–Kier alpha value is -2.15. The largest absolute Gasteiger partial charge is 0.342 e. The SMILES string of the molecule is CCC(CC)N1CCc2nc3cc(C4CCN(C(=O)[C@@H]5C[C@H]5C)CC4)[nH]n3c(=O)c2C1. The van der Waals surface area contributed by atoms with Crippen LogP contribution in [0.25, 0.3) is 5.65 Å². The summed E-state index contributed by atoms with van der Waals surface area (Å²) in [5.41, 5.74) is 3.69. The minimum atomic E-state index is 0.0530. The van der Waals surface area contributed by atoms with Crippen LogP contribution in [0.2, 0.25) is 0 Å². The molecule has 5 rings (SSSR count). The van der Waals surface area contributed by atoms with Gasteiger partial charge >= 0.3 is 0 Å². The summed E-state index contributed by atoms with van der Waals surface area (Å²) in [6, 6.07) is 2.58. The molecule has 1 amide bonds. The van der Waals surface area contributed by atoms with Crippen LogP contribution in [-0.2, 0) is 17.8 Å². The van der Waals surface area contributed by atoms with Gasteiger partial charge in [-0.25, -0.2) is 9.50 Å². The van der Waals surface area contributed by atoms with Crippen LogP contribution in [0.1, 0.15) is 75.7 Å². The van der Waals surface area contributed by atoms with Crippen LogP contribution in [0.3, 0.4) is 0 Å². The van der Waals surface area contributed by atoms with Gasteiger partial charge in [-0.15, -0.1) is 0 Å². The number of likely N-dealkylation sites (tertiary alicyclic amines) is 1. The van der Waals surface area contributed by atoms with Crippen LogP contribution in [-0.4, -0.2) is 56.0 Å². The van der Waals surface area contributed by atoms with Gasteiger partial charge in [0.1, 0.15) is 0 Å². The fourth-order valence-corrected chi connectivity index (χ4v) is 5.66. The average Bonchev–Trinajstić information content (AvgIpc) is 3.36. The smallest absolute Gasteiger partial charge is 0.277 e. The van der Waals surface area contributed by atoms with E-state index >= 15 is 0 Å². The van der Waals surface area contributed by atoms with E-state index in [2.05, 4.69) is 36.8 Å². The summed E-state index contributed by atoms with van der Waals surface area (Å²) in [6.45, 7) is 9.90. The first kappa shape index (κ1) is 20.7. The van der Waals surface area contributed by atoms with Gasteiger partial charge in [0.15, 0.2) is 5.65 Å². The van der Waals surface area contributed by atoms with E-state index in [1.165, 1.54) is 0 Å². The number of H-pyrrole nitrogens is 1. The summed E-state index contributed by atoms with van der Waals surface area (Å²) in [7, 11) is 0. The molecule has 168 valence electrons. The molecule has 1 saturated heterocycles. The molecule has 4 heterocycles. The number of amides is 1. The summed E-state index contributed by atoms with van der Waals surface area (Å²) in [6.07, 6.45) is 5.99. The lowest BCUT2D eigenvalue weighted by molar-refractivity contribution is -0.133. The minimum Gasteiger partial charge on any atom is -0.342 e. The molecule has 7 heteroatoms. The third-order valence-corrected chi connectivity index (χ3v) is 7.94. The first-order valence-electron chi connectivity index (χ1n) is 12.2. The lowest BCUT2D eigenvalue weighted by Crippen LogP contribution is -2.42. The first-order valence-corrected chi connectivity index (χ1v) is 12.2. The number of fused-ring (bicyclic) bond motifs is 2. The highest BCUT2D eigenvalue weighted by Crippen LogP contribution is 2.40. The molecule has 0 bridgehead atoms. The predicted molar refractivity (Wildman–Crippen MR) is 120 cm³/mol. The van der Waals surface area contributed by atoms with Crippen LogP contribution >= 0.6 is 0 Å². The van der Waals surface area contributed by atoms with E-state index in [0.29, 0.717) is 30.3 Å². The standard InChI is InChI=1S/C24H35N5O2/c1-4-17(5-2)28-11-8-20-19(14-28)24(31)29-22(25-20)13-21(26-29)16-6-9-27(10-7-16)23(30)18-12-15(18)3/h13,15-18,26H,4-12,14H2,1-3H3/t15-,18-/m1/s1. The molecule has 1 saturated carbocycles. The molecule has 1 N–H and O–H groups in total. The van der Waals surface area contributed by atoms with Gasteiger partial charge in [0.2, 0.25) is 5.91 Å². The molecule has 1 aliphatic carbocycles. The maximum absolute atomic E-state index is 13.3. The van der Waals surface area contributed by atoms with Crippen molar-refractivity contribution in [2.45, 2.75) is 77.8 Å². The average molecular weight is 426 g/mol. The number of aromatic nitrogens is 3. The van der Waals surface area contributed by atoms with E-state index in [9.17, 15) is 9.59 Å². The molecular formula is C24H35N5O2. The Kier molecular flexibility index (Phi) is 5.40. The van der Waals surface area contributed by atoms with E-state index in [1.54, 1.807) is 4.52 Å². The quantitative estimate of drug-likeness (QED) is 0.799. The van der Waals surface area contributed by atoms with Gasteiger partial charge in [0, 0.05) is 62.2 Å². The molecule has 2 fully saturated rings. The maximum atomic E-state index is 13.3. The Morgan fingerprint density at radius 2 is 1.94 bits per heavy atom. The summed E-state index contributed by atoms with van der Waals surface area (Å²) in [4.78, 5) is 35.1. The molecule has 2 aromatic heterocycles. The lowest BCUT2D eigenvalue weighted by atomic mass is 9.93. The highest BCUT2D eigenvalue weighted by atomic mass is 16.2. The number of hydrogen-bond acceptors (Lipinski definition) is 4. The Morgan fingerprint density at radius 1 is 1.23 bits per heavy atom. The molecule has 0 spiro atoms. The van der Waals surface area contributed by atoms with Gasteiger partial charge < -0.3 is 4.90 Å². The number of carbonyl (C=O) groups is 1. The van der Waals surface area contributed by atoms with Gasteiger partial charge in [0.25, 0.3) is 5.56 Å². The number of nitrogens with one attached hydrogen (secondary N) is 1. The van der Waals surface area contributed by atoms with Gasteiger partial charge in [-0.05, 0) is 38.0 Å². The van der Waals surface area contributed by atoms with Crippen molar-refractivity contribution in [1.82, 2.24) is 24.4 Å². The van der Waals surface area contributed by atoms with Gasteiger partial charge in [-0.1, -0.05) is 20.8 Å². The monoisotopic (exact) mass is 425 g/mol. The van der Waals surface area contributed by atoms with Crippen LogP contribution < -0.4 is 5.56 Å². The molecule has 2 aliphatic heterocycles. The predicted octanol–water partition coefficient (Wildman–Crippen LogP) is 2.93. The van der Waals surface area contributed by atoms with Crippen molar-refractivity contribution in [3.05, 3.63) is 33.4 Å². The van der Waals surface area contributed by atoms with Gasteiger partial charge in [-0.3, -0.25) is 19.6 Å². The summed E-state index contributed by atoms with van der Waals surface area (Å²) in [5.74, 6) is 1.51. The van der Waals surface area contributed by atoms with Gasteiger partial charge in [0.05, 0.1) is 11.3 Å². The number of carbonyl (C=O) groups excluding carboxylic acids is 1. The summed E-state index contributed by atoms with van der Waals surface area (Å²) in [5, 5.41) is 3.36. The van der Waals surface area contributed by atoms with E-state index in [1.807, 2.05) is 4.90 Å². The van der Waals surface area contributed by atoms with Crippen molar-refractivity contribution in [1.29, 1.82) is 0 Å². The van der Waals surface area contributed by atoms with Crippen LogP contribution in [0.4, 0.5) is 0 Å². The van der Waals surface area contributed by atoms with Crippen molar-refractivity contribution in [2.75, 3.05) is 19.6 Å². The highest BCUT2D eigenvalue weighted by Gasteiger charge is 2.42. The van der Waals surface area contributed by atoms with Crippen LogP contribution in [0, 0.1) is 11.8 Å². The van der Waals surface area contributed by atoms with Crippen molar-refractivity contribution in [3.8, 4) is 0 Å².